The van der Waals surface area contributed by atoms with Gasteiger partial charge in [-0.2, -0.15) is 0 Å². The maximum atomic E-state index is 11.7. The second kappa shape index (κ2) is 16.0. The van der Waals surface area contributed by atoms with E-state index in [0.717, 1.165) is 48.7 Å². The summed E-state index contributed by atoms with van der Waals surface area (Å²) in [6.07, 6.45) is 7.97. The van der Waals surface area contributed by atoms with Gasteiger partial charge in [0.2, 0.25) is 0 Å². The van der Waals surface area contributed by atoms with Crippen molar-refractivity contribution in [1.29, 1.82) is 0 Å². The molecule has 0 spiro atoms. The van der Waals surface area contributed by atoms with Crippen molar-refractivity contribution in [2.45, 2.75) is 83.4 Å². The number of aliphatic hydroxyl groups excluding tert-OH is 1. The standard InChI is InChI=1S/C31H22NS.C13H24O2.Ir/c1-18(2)13-19-7-8-20-9-10-23-24-11-12-32-31-27-15-21-5-3-4-6-22(21)16-28(27)33-29(30(24)31)17-26(23)25(20)14-19;1-5-10(6-2)12(14)9-13(15)11(7-3)8-4;/h3-12,14,16-18H,13H2,1-2H3;9-11,14H,5-8H2,1-4H3;/q-1;;/b;12-9-;. The zero-order chi connectivity index (χ0) is 33.9. The van der Waals surface area contributed by atoms with Gasteiger partial charge in [-0.3, -0.25) is 9.78 Å². The van der Waals surface area contributed by atoms with Crippen molar-refractivity contribution in [3.8, 4) is 11.3 Å². The van der Waals surface area contributed by atoms with Crippen LogP contribution < -0.4 is 0 Å². The summed E-state index contributed by atoms with van der Waals surface area (Å²) in [6.45, 7) is 12.6. The van der Waals surface area contributed by atoms with Gasteiger partial charge in [-0.1, -0.05) is 101 Å². The topological polar surface area (TPSA) is 50.2 Å². The Morgan fingerprint density at radius 3 is 2.22 bits per heavy atom. The molecular weight excluding hydrogens is 799 g/mol. The molecular formula is C44H46IrNO2S-. The van der Waals surface area contributed by atoms with Crippen LogP contribution in [0.15, 0.2) is 101 Å². The smallest absolute Gasteiger partial charge is 0.162 e. The number of ketones is 1. The van der Waals surface area contributed by atoms with E-state index in [2.05, 4.69) is 92.7 Å². The number of rotatable bonds is 9. The van der Waals surface area contributed by atoms with E-state index in [1.807, 2.05) is 45.7 Å². The number of carbonyl (C=O) groups excluding carboxylic acids is 1. The zero-order valence-corrected chi connectivity index (χ0v) is 32.6. The van der Waals surface area contributed by atoms with Crippen molar-refractivity contribution in [3.05, 3.63) is 102 Å². The predicted octanol–water partition coefficient (Wildman–Crippen LogP) is 12.7. The number of allylic oxidation sites excluding steroid dienone is 2. The molecule has 1 N–H and O–H groups in total. The Bertz CT molecular complexity index is 2160. The minimum Gasteiger partial charge on any atom is -0.512 e. The molecule has 5 heteroatoms. The normalized spacial score (nSPS) is 12.5. The number of hydrogen-bond acceptors (Lipinski definition) is 4. The van der Waals surface area contributed by atoms with Crippen LogP contribution in [0.5, 0.6) is 0 Å². The molecule has 0 unspecified atom stereocenters. The van der Waals surface area contributed by atoms with Gasteiger partial charge in [0.15, 0.2) is 5.78 Å². The molecule has 5 aromatic carbocycles. The summed E-state index contributed by atoms with van der Waals surface area (Å²) in [5.41, 5.74) is 3.59. The second-order valence-corrected chi connectivity index (χ2v) is 14.6. The first kappa shape index (κ1) is 36.8. The van der Waals surface area contributed by atoms with Gasteiger partial charge < -0.3 is 5.11 Å². The Hall–Kier alpha value is -3.50. The fourth-order valence-corrected chi connectivity index (χ4v) is 8.25. The molecule has 255 valence electrons. The molecule has 2 heterocycles. The van der Waals surface area contributed by atoms with E-state index in [0.29, 0.717) is 5.92 Å². The zero-order valence-electron chi connectivity index (χ0n) is 29.4. The Balaban J connectivity index is 0.000000252. The van der Waals surface area contributed by atoms with E-state index in [9.17, 15) is 9.90 Å². The third-order valence-corrected chi connectivity index (χ3v) is 10.9. The largest absolute Gasteiger partial charge is 0.512 e. The summed E-state index contributed by atoms with van der Waals surface area (Å²) in [7, 11) is 0. The summed E-state index contributed by atoms with van der Waals surface area (Å²) in [5, 5.41) is 19.9. The van der Waals surface area contributed by atoms with Gasteiger partial charge in [-0.05, 0) is 92.9 Å². The van der Waals surface area contributed by atoms with Gasteiger partial charge in [0.1, 0.15) is 0 Å². The van der Waals surface area contributed by atoms with Gasteiger partial charge in [-0.15, -0.1) is 35.3 Å². The molecule has 0 atom stereocenters. The van der Waals surface area contributed by atoms with E-state index in [-0.39, 0.29) is 43.5 Å². The van der Waals surface area contributed by atoms with Gasteiger partial charge in [0.25, 0.3) is 0 Å². The van der Waals surface area contributed by atoms with Crippen molar-refractivity contribution < 1.29 is 30.0 Å². The Morgan fingerprint density at radius 1 is 0.796 bits per heavy atom. The van der Waals surface area contributed by atoms with Crippen LogP contribution >= 0.6 is 11.8 Å². The number of benzene rings is 5. The average molecular weight is 845 g/mol. The van der Waals surface area contributed by atoms with Crippen LogP contribution in [-0.4, -0.2) is 15.9 Å². The summed E-state index contributed by atoms with van der Waals surface area (Å²) >= 11 is 1.86. The summed E-state index contributed by atoms with van der Waals surface area (Å²) in [6, 6.07) is 30.5. The molecule has 7 rings (SSSR count). The minimum absolute atomic E-state index is 0. The average Bonchev–Trinajstić information content (AvgIpc) is 3.08. The number of hydrogen-bond donors (Lipinski definition) is 1. The Morgan fingerprint density at radius 2 is 1.51 bits per heavy atom. The van der Waals surface area contributed by atoms with E-state index in [4.69, 9.17) is 4.98 Å². The molecule has 6 aromatic rings. The number of carbonyl (C=O) groups is 1. The molecule has 0 aliphatic carbocycles. The third kappa shape index (κ3) is 7.50. The first-order chi connectivity index (χ1) is 23.3. The Kier molecular flexibility index (Phi) is 12.0. The molecule has 0 saturated carbocycles. The molecule has 0 amide bonds. The number of aliphatic hydroxyl groups is 1. The summed E-state index contributed by atoms with van der Waals surface area (Å²) < 4.78 is 0. The number of nitrogens with zero attached hydrogens (tertiary/aromatic N) is 1. The SMILES string of the molecule is CC(C)Cc1ccc2ccc3c4ccnc5c4c(cc3c2c1)Sc1cc2ccccc2[c-]c1-5.CCC(CC)C(=O)/C=C(\O)C(CC)CC.[Ir]. The fraction of sp³-hybridized carbons (Fsp3) is 0.318. The number of pyridine rings is 1. The van der Waals surface area contributed by atoms with E-state index in [1.54, 1.807) is 0 Å². The van der Waals surface area contributed by atoms with Crippen molar-refractivity contribution in [3.63, 3.8) is 0 Å². The van der Waals surface area contributed by atoms with Crippen LogP contribution in [0.1, 0.15) is 72.8 Å². The van der Waals surface area contributed by atoms with Crippen LogP contribution in [0, 0.1) is 23.8 Å². The van der Waals surface area contributed by atoms with E-state index < -0.39 is 0 Å². The maximum absolute atomic E-state index is 11.7. The Labute approximate surface area is 309 Å². The van der Waals surface area contributed by atoms with Gasteiger partial charge in [-0.25, -0.2) is 0 Å². The molecule has 1 aliphatic heterocycles. The van der Waals surface area contributed by atoms with Gasteiger partial charge in [0.05, 0.1) is 5.76 Å². The van der Waals surface area contributed by atoms with Crippen LogP contribution in [-0.2, 0) is 31.3 Å². The maximum Gasteiger partial charge on any atom is 0.162 e. The molecule has 1 aromatic heterocycles. The quantitative estimate of drug-likeness (QED) is 0.0681. The van der Waals surface area contributed by atoms with Crippen molar-refractivity contribution in [2.75, 3.05) is 0 Å². The fourth-order valence-electron chi connectivity index (χ4n) is 7.09. The summed E-state index contributed by atoms with van der Waals surface area (Å²) in [4.78, 5) is 19.1. The van der Waals surface area contributed by atoms with E-state index in [1.165, 1.54) is 59.1 Å². The predicted molar refractivity (Wildman–Crippen MR) is 205 cm³/mol. The molecule has 3 nitrogen and oxygen atoms in total. The number of fused-ring (bicyclic) bond motifs is 7. The molecule has 1 radical (unpaired) electrons. The molecule has 49 heavy (non-hydrogen) atoms. The first-order valence-corrected chi connectivity index (χ1v) is 18.4. The van der Waals surface area contributed by atoms with Crippen molar-refractivity contribution >= 4 is 60.6 Å². The number of aromatic nitrogens is 1. The van der Waals surface area contributed by atoms with Crippen LogP contribution in [0.2, 0.25) is 0 Å². The minimum atomic E-state index is 0. The monoisotopic (exact) mass is 845 g/mol. The first-order valence-electron chi connectivity index (χ1n) is 17.6. The van der Waals surface area contributed by atoms with Crippen molar-refractivity contribution in [2.24, 2.45) is 17.8 Å². The molecule has 0 fully saturated rings. The van der Waals surface area contributed by atoms with Gasteiger partial charge >= 0.3 is 0 Å². The molecule has 0 saturated heterocycles. The van der Waals surface area contributed by atoms with Gasteiger partial charge in [0, 0.05) is 54.8 Å². The second-order valence-electron chi connectivity index (χ2n) is 13.5. The third-order valence-electron chi connectivity index (χ3n) is 9.83. The van der Waals surface area contributed by atoms with Crippen LogP contribution in [0.4, 0.5) is 0 Å². The van der Waals surface area contributed by atoms with Crippen LogP contribution in [0.3, 0.4) is 0 Å². The molecule has 1 aliphatic rings. The molecule has 0 bridgehead atoms. The summed E-state index contributed by atoms with van der Waals surface area (Å²) in [5.74, 6) is 1.19. The van der Waals surface area contributed by atoms with Crippen LogP contribution in [0.25, 0.3) is 54.3 Å². The van der Waals surface area contributed by atoms with Crippen molar-refractivity contribution in [1.82, 2.24) is 4.98 Å². The van der Waals surface area contributed by atoms with E-state index >= 15 is 0 Å².